The molecule has 8 nitrogen and oxygen atoms in total. The number of aliphatic hydroxyl groups is 1. The molecule has 1 spiro atoms. The van der Waals surface area contributed by atoms with Crippen molar-refractivity contribution in [1.29, 1.82) is 0 Å². The van der Waals surface area contributed by atoms with Crippen molar-refractivity contribution < 1.29 is 24.2 Å². The van der Waals surface area contributed by atoms with Crippen LogP contribution in [0.5, 0.6) is 0 Å². The zero-order valence-electron chi connectivity index (χ0n) is 22.9. The molecular formula is C30H40BrN3O5. The number of halogens is 1. The predicted octanol–water partition coefficient (Wildman–Crippen LogP) is 3.14. The average Bonchev–Trinajstić information content (AvgIpc) is 3.53. The summed E-state index contributed by atoms with van der Waals surface area (Å²) in [5.74, 6) is -2.28. The molecule has 39 heavy (non-hydrogen) atoms. The van der Waals surface area contributed by atoms with E-state index in [1.165, 1.54) is 4.90 Å². The fourth-order valence-corrected chi connectivity index (χ4v) is 7.51. The Balaban J connectivity index is 1.74. The molecule has 3 aliphatic rings. The number of ether oxygens (including phenoxy) is 1. The third-order valence-corrected chi connectivity index (χ3v) is 9.15. The highest BCUT2D eigenvalue weighted by Crippen LogP contribution is 2.60. The van der Waals surface area contributed by atoms with E-state index in [9.17, 15) is 19.5 Å². The molecule has 7 atom stereocenters. The van der Waals surface area contributed by atoms with Crippen molar-refractivity contribution in [2.75, 3.05) is 26.2 Å². The van der Waals surface area contributed by atoms with E-state index in [1.807, 2.05) is 30.3 Å². The molecular weight excluding hydrogens is 562 g/mol. The number of fused-ring (bicyclic) bond motifs is 1. The number of unbranched alkanes of at least 4 members (excludes halogenated alkanes) is 1. The maximum absolute atomic E-state index is 14.2. The molecule has 3 amide bonds. The second-order valence-electron chi connectivity index (χ2n) is 10.9. The van der Waals surface area contributed by atoms with Gasteiger partial charge in [0.05, 0.1) is 30.6 Å². The first-order valence-corrected chi connectivity index (χ1v) is 14.7. The highest BCUT2D eigenvalue weighted by Gasteiger charge is 2.77. The summed E-state index contributed by atoms with van der Waals surface area (Å²) < 4.78 is 6.63. The topological polar surface area (TPSA) is 90.4 Å². The number of likely N-dealkylation sites (tertiary alicyclic amines) is 1. The first-order chi connectivity index (χ1) is 18.7. The van der Waals surface area contributed by atoms with E-state index < -0.39 is 35.6 Å². The Kier molecular flexibility index (Phi) is 9.34. The fraction of sp³-hybridized carbons (Fsp3) is 0.567. The minimum atomic E-state index is -1.16. The van der Waals surface area contributed by atoms with Crippen molar-refractivity contribution >= 4 is 33.7 Å². The van der Waals surface area contributed by atoms with Gasteiger partial charge < -0.3 is 24.5 Å². The summed E-state index contributed by atoms with van der Waals surface area (Å²) >= 11 is 3.73. The Labute approximate surface area is 239 Å². The number of rotatable bonds is 13. The number of hydrogen-bond acceptors (Lipinski definition) is 5. The lowest BCUT2D eigenvalue weighted by molar-refractivity contribution is -0.151. The number of carbonyl (C=O) groups is 3. The van der Waals surface area contributed by atoms with Gasteiger partial charge in [0.15, 0.2) is 0 Å². The van der Waals surface area contributed by atoms with Crippen molar-refractivity contribution in [2.45, 2.75) is 68.3 Å². The first kappa shape index (κ1) is 29.5. The van der Waals surface area contributed by atoms with Gasteiger partial charge in [-0.15, -0.1) is 13.2 Å². The number of nitrogens with zero attached hydrogens (tertiary/aromatic N) is 3. The van der Waals surface area contributed by atoms with Gasteiger partial charge in [-0.25, -0.2) is 0 Å². The number of alkyl halides is 1. The quantitative estimate of drug-likeness (QED) is 0.277. The Bertz CT molecular complexity index is 1080. The first-order valence-electron chi connectivity index (χ1n) is 13.8. The van der Waals surface area contributed by atoms with Crippen LogP contribution in [-0.2, 0) is 25.7 Å². The van der Waals surface area contributed by atoms with Crippen LogP contribution in [0.15, 0.2) is 55.6 Å². The average molecular weight is 603 g/mol. The summed E-state index contributed by atoms with van der Waals surface area (Å²) in [7, 11) is 0. The van der Waals surface area contributed by atoms with E-state index >= 15 is 0 Å². The molecule has 0 aliphatic carbocycles. The standard InChI is InChI=1S/C30H40BrN3O5/c1-5-8-16-32(14-6-2)29(38)26-30-17-22(31)25(39-30)23(24(30)28(37)34(26)20(4)19-35)27(36)33(15-7-3)18-21-12-10-9-11-13-21/h6-7,9-13,20,22-26,35H,2-3,5,8,14-19H2,1,4H3/t20-,22?,23-,24+,25-,26?,30?/m1/s1. The van der Waals surface area contributed by atoms with E-state index in [4.69, 9.17) is 4.74 Å². The van der Waals surface area contributed by atoms with E-state index in [-0.39, 0.29) is 29.2 Å². The summed E-state index contributed by atoms with van der Waals surface area (Å²) in [6.07, 6.45) is 4.98. The van der Waals surface area contributed by atoms with Crippen molar-refractivity contribution in [3.05, 3.63) is 61.2 Å². The molecule has 1 aromatic rings. The molecule has 3 fully saturated rings. The zero-order chi connectivity index (χ0) is 28.3. The monoisotopic (exact) mass is 601 g/mol. The molecule has 0 aromatic heterocycles. The van der Waals surface area contributed by atoms with Crippen LogP contribution in [0.1, 0.15) is 38.7 Å². The van der Waals surface area contributed by atoms with Gasteiger partial charge >= 0.3 is 0 Å². The third-order valence-electron chi connectivity index (χ3n) is 8.31. The van der Waals surface area contributed by atoms with Crippen LogP contribution >= 0.6 is 15.9 Å². The van der Waals surface area contributed by atoms with Crippen LogP contribution in [0.25, 0.3) is 0 Å². The summed E-state index contributed by atoms with van der Waals surface area (Å²) in [6.45, 7) is 12.7. The Hall–Kier alpha value is -2.49. The van der Waals surface area contributed by atoms with Gasteiger partial charge in [0.1, 0.15) is 11.6 Å². The molecule has 1 N–H and O–H groups in total. The maximum atomic E-state index is 14.2. The SMILES string of the molecule is C=CCN(CCCC)C(=O)C1N([C@H](C)CO)C(=O)[C@@H]2[C@@H](C(=O)N(CC=C)Cc3ccccc3)[C@@H]3OC12CC3Br. The van der Waals surface area contributed by atoms with Crippen LogP contribution in [0.2, 0.25) is 0 Å². The maximum Gasteiger partial charge on any atom is 0.248 e. The molecule has 9 heteroatoms. The number of carbonyl (C=O) groups excluding carboxylic acids is 3. The molecule has 212 valence electrons. The minimum absolute atomic E-state index is 0.188. The van der Waals surface area contributed by atoms with Gasteiger partial charge in [-0.2, -0.15) is 0 Å². The van der Waals surface area contributed by atoms with Crippen LogP contribution in [-0.4, -0.2) is 92.4 Å². The molecule has 0 radical (unpaired) electrons. The smallest absolute Gasteiger partial charge is 0.248 e. The Morgan fingerprint density at radius 2 is 1.87 bits per heavy atom. The van der Waals surface area contributed by atoms with Gasteiger partial charge in [0, 0.05) is 31.0 Å². The Morgan fingerprint density at radius 3 is 2.49 bits per heavy atom. The number of hydrogen-bond donors (Lipinski definition) is 1. The van der Waals surface area contributed by atoms with E-state index in [1.54, 1.807) is 28.9 Å². The van der Waals surface area contributed by atoms with Gasteiger partial charge in [-0.3, -0.25) is 14.4 Å². The van der Waals surface area contributed by atoms with Crippen molar-refractivity contribution in [2.24, 2.45) is 11.8 Å². The van der Waals surface area contributed by atoms with Crippen molar-refractivity contribution in [3.8, 4) is 0 Å². The summed E-state index contributed by atoms with van der Waals surface area (Å²) in [4.78, 5) is 47.3. The van der Waals surface area contributed by atoms with Gasteiger partial charge in [0.2, 0.25) is 17.7 Å². The van der Waals surface area contributed by atoms with Crippen molar-refractivity contribution in [3.63, 3.8) is 0 Å². The van der Waals surface area contributed by atoms with Gasteiger partial charge in [-0.1, -0.05) is 71.8 Å². The van der Waals surface area contributed by atoms with Crippen LogP contribution < -0.4 is 0 Å². The van der Waals surface area contributed by atoms with Gasteiger partial charge in [-0.05, 0) is 25.3 Å². The lowest BCUT2D eigenvalue weighted by Gasteiger charge is -2.38. The van der Waals surface area contributed by atoms with E-state index in [2.05, 4.69) is 36.0 Å². The molecule has 3 unspecified atom stereocenters. The lowest BCUT2D eigenvalue weighted by atomic mass is 9.70. The predicted molar refractivity (Wildman–Crippen MR) is 153 cm³/mol. The summed E-state index contributed by atoms with van der Waals surface area (Å²) in [6, 6.07) is 8.15. The highest BCUT2D eigenvalue weighted by atomic mass is 79.9. The largest absolute Gasteiger partial charge is 0.394 e. The van der Waals surface area contributed by atoms with Gasteiger partial charge in [0.25, 0.3) is 0 Å². The van der Waals surface area contributed by atoms with Crippen LogP contribution in [0.4, 0.5) is 0 Å². The van der Waals surface area contributed by atoms with Crippen LogP contribution in [0.3, 0.4) is 0 Å². The van der Waals surface area contributed by atoms with Crippen molar-refractivity contribution in [1.82, 2.24) is 14.7 Å². The number of amides is 3. The number of benzene rings is 1. The normalized spacial score (nSPS) is 29.7. The molecule has 3 aliphatic heterocycles. The minimum Gasteiger partial charge on any atom is -0.394 e. The second kappa shape index (κ2) is 12.4. The van der Waals surface area contributed by atoms with E-state index in [0.29, 0.717) is 32.6 Å². The highest BCUT2D eigenvalue weighted by molar-refractivity contribution is 9.09. The second-order valence-corrected chi connectivity index (χ2v) is 12.0. The summed E-state index contributed by atoms with van der Waals surface area (Å²) in [5.41, 5.74) is -0.186. The molecule has 2 bridgehead atoms. The fourth-order valence-electron chi connectivity index (χ4n) is 6.56. The molecule has 4 rings (SSSR count). The number of aliphatic hydroxyl groups excluding tert-OH is 1. The third kappa shape index (κ3) is 5.21. The molecule has 0 saturated carbocycles. The lowest BCUT2D eigenvalue weighted by Crippen LogP contribution is -2.58. The molecule has 1 aromatic carbocycles. The molecule has 3 heterocycles. The molecule has 3 saturated heterocycles. The summed E-state index contributed by atoms with van der Waals surface area (Å²) in [5, 5.41) is 10.1. The van der Waals surface area contributed by atoms with E-state index in [0.717, 1.165) is 18.4 Å². The Morgan fingerprint density at radius 1 is 1.21 bits per heavy atom. The van der Waals surface area contributed by atoms with Crippen LogP contribution in [0, 0.1) is 11.8 Å². The zero-order valence-corrected chi connectivity index (χ0v) is 24.5.